The first kappa shape index (κ1) is 14.6. The van der Waals surface area contributed by atoms with Gasteiger partial charge in [-0.15, -0.1) is 23.1 Å². The largest absolute Gasteiger partial charge is 0.340 e. The summed E-state index contributed by atoms with van der Waals surface area (Å²) in [4.78, 5) is 21.1. The fourth-order valence-electron chi connectivity index (χ4n) is 2.47. The summed E-state index contributed by atoms with van der Waals surface area (Å²) in [6.07, 6.45) is 0. The zero-order valence-corrected chi connectivity index (χ0v) is 13.8. The summed E-state index contributed by atoms with van der Waals surface area (Å²) in [5.41, 5.74) is 0.627. The fraction of sp³-hybridized carbons (Fsp3) is 0.615. The number of anilines is 1. The van der Waals surface area contributed by atoms with E-state index in [1.165, 1.54) is 16.2 Å². The van der Waals surface area contributed by atoms with Gasteiger partial charge in [-0.2, -0.15) is 5.26 Å². The van der Waals surface area contributed by atoms with Crippen molar-refractivity contribution in [3.05, 3.63) is 10.6 Å². The van der Waals surface area contributed by atoms with Crippen LogP contribution in [0.15, 0.2) is 0 Å². The third-order valence-electron chi connectivity index (χ3n) is 3.74. The quantitative estimate of drug-likeness (QED) is 0.793. The first-order valence-corrected chi connectivity index (χ1v) is 8.43. The van der Waals surface area contributed by atoms with Crippen molar-refractivity contribution < 1.29 is 9.53 Å². The number of carbonyl (C=O) groups excluding carboxylic acids is 1. The molecule has 0 N–H and O–H groups in total. The van der Waals surface area contributed by atoms with Gasteiger partial charge in [0.15, 0.2) is 5.13 Å². The van der Waals surface area contributed by atoms with Crippen LogP contribution in [0.2, 0.25) is 0 Å². The van der Waals surface area contributed by atoms with E-state index in [0.717, 1.165) is 16.3 Å². The molecule has 3 heterocycles. The molecule has 0 bridgehead atoms. The molecule has 1 fully saturated rings. The van der Waals surface area contributed by atoms with Gasteiger partial charge in [0.1, 0.15) is 18.7 Å². The molecule has 0 radical (unpaired) electrons. The minimum atomic E-state index is -0.312. The van der Waals surface area contributed by atoms with Crippen LogP contribution in [0.3, 0.4) is 0 Å². The Morgan fingerprint density at radius 1 is 1.48 bits per heavy atom. The van der Waals surface area contributed by atoms with Crippen LogP contribution in [-0.4, -0.2) is 41.7 Å². The number of urea groups is 1. The van der Waals surface area contributed by atoms with Crippen molar-refractivity contribution in [2.24, 2.45) is 0 Å². The van der Waals surface area contributed by atoms with Gasteiger partial charge in [-0.3, -0.25) is 0 Å². The summed E-state index contributed by atoms with van der Waals surface area (Å²) in [7, 11) is 1.70. The average molecular weight is 324 g/mol. The minimum absolute atomic E-state index is 0.102. The molecule has 2 aliphatic heterocycles. The van der Waals surface area contributed by atoms with Gasteiger partial charge in [-0.05, 0) is 0 Å². The number of carbonyl (C=O) groups is 1. The van der Waals surface area contributed by atoms with Crippen molar-refractivity contribution in [2.45, 2.75) is 30.3 Å². The molecule has 1 aromatic rings. The second-order valence-corrected chi connectivity index (χ2v) is 7.84. The molecule has 8 heteroatoms. The lowest BCUT2D eigenvalue weighted by Crippen LogP contribution is -2.48. The summed E-state index contributed by atoms with van der Waals surface area (Å²) < 4.78 is 5.39. The molecule has 6 nitrogen and oxygen atoms in total. The smallest absolute Gasteiger partial charge is 0.329 e. The number of amides is 2. The van der Waals surface area contributed by atoms with Gasteiger partial charge in [0.25, 0.3) is 0 Å². The summed E-state index contributed by atoms with van der Waals surface area (Å²) in [6, 6.07) is 2.25. The number of nitrogens with zero attached hydrogens (tertiary/aromatic N) is 4. The number of hydrogen-bond donors (Lipinski definition) is 0. The van der Waals surface area contributed by atoms with Gasteiger partial charge in [0, 0.05) is 23.1 Å². The molecule has 1 unspecified atom stereocenters. The van der Waals surface area contributed by atoms with Crippen molar-refractivity contribution in [1.29, 1.82) is 5.26 Å². The summed E-state index contributed by atoms with van der Waals surface area (Å²) in [6.45, 7) is 4.61. The Bertz CT molecular complexity index is 622. The number of thioether (sulfide) groups is 1. The van der Waals surface area contributed by atoms with Crippen molar-refractivity contribution in [3.8, 4) is 6.07 Å². The first-order chi connectivity index (χ1) is 9.95. The lowest BCUT2D eigenvalue weighted by Gasteiger charge is -2.32. The normalized spacial score (nSPS) is 24.7. The molecule has 2 amide bonds. The van der Waals surface area contributed by atoms with Crippen LogP contribution in [-0.2, 0) is 15.9 Å². The van der Waals surface area contributed by atoms with E-state index in [0.29, 0.717) is 11.9 Å². The van der Waals surface area contributed by atoms with E-state index >= 15 is 0 Å². The van der Waals surface area contributed by atoms with Gasteiger partial charge in [-0.25, -0.2) is 14.7 Å². The first-order valence-electron chi connectivity index (χ1n) is 6.57. The van der Waals surface area contributed by atoms with Crippen molar-refractivity contribution >= 4 is 34.3 Å². The predicted molar refractivity (Wildman–Crippen MR) is 82.3 cm³/mol. The van der Waals surface area contributed by atoms with Gasteiger partial charge < -0.3 is 9.64 Å². The van der Waals surface area contributed by atoms with E-state index in [-0.39, 0.29) is 23.4 Å². The summed E-state index contributed by atoms with van der Waals surface area (Å²) >= 11 is 3.16. The third kappa shape index (κ3) is 2.29. The van der Waals surface area contributed by atoms with Crippen LogP contribution in [0.25, 0.3) is 0 Å². The zero-order chi connectivity index (χ0) is 15.2. The topological polar surface area (TPSA) is 69.5 Å². The highest BCUT2D eigenvalue weighted by Crippen LogP contribution is 2.46. The molecule has 3 rings (SSSR count). The van der Waals surface area contributed by atoms with Crippen LogP contribution in [0, 0.1) is 11.3 Å². The molecule has 1 atom stereocenters. The van der Waals surface area contributed by atoms with E-state index < -0.39 is 0 Å². The number of hydrogen-bond acceptors (Lipinski definition) is 6. The van der Waals surface area contributed by atoms with Gasteiger partial charge in [-0.1, -0.05) is 13.8 Å². The van der Waals surface area contributed by atoms with Crippen LogP contribution >= 0.6 is 23.1 Å². The van der Waals surface area contributed by atoms with E-state index in [4.69, 9.17) is 4.74 Å². The van der Waals surface area contributed by atoms with E-state index in [9.17, 15) is 10.1 Å². The minimum Gasteiger partial charge on any atom is -0.340 e. The highest BCUT2D eigenvalue weighted by molar-refractivity contribution is 7.99. The van der Waals surface area contributed by atoms with Crippen LogP contribution in [0.4, 0.5) is 9.93 Å². The summed E-state index contributed by atoms with van der Waals surface area (Å²) in [5.74, 6) is 0.771. The molecular weight excluding hydrogens is 308 g/mol. The van der Waals surface area contributed by atoms with Gasteiger partial charge in [0.2, 0.25) is 0 Å². The molecule has 0 spiro atoms. The molecule has 0 aromatic carbocycles. The van der Waals surface area contributed by atoms with Gasteiger partial charge in [0.05, 0.1) is 11.8 Å². The number of rotatable bonds is 1. The monoisotopic (exact) mass is 324 g/mol. The second kappa shape index (κ2) is 5.16. The number of nitriles is 1. The molecule has 0 saturated carbocycles. The maximum atomic E-state index is 12.2. The Morgan fingerprint density at radius 2 is 2.24 bits per heavy atom. The molecule has 1 saturated heterocycles. The highest BCUT2D eigenvalue weighted by Gasteiger charge is 2.41. The van der Waals surface area contributed by atoms with E-state index in [2.05, 4.69) is 11.1 Å². The third-order valence-corrected chi connectivity index (χ3v) is 6.49. The Balaban J connectivity index is 1.97. The Labute approximate surface area is 131 Å². The number of aromatic nitrogens is 1. The van der Waals surface area contributed by atoms with E-state index in [1.807, 2.05) is 13.8 Å². The number of fused-ring (bicyclic) bond motifs is 1. The predicted octanol–water partition coefficient (Wildman–Crippen LogP) is 2.36. The molecule has 21 heavy (non-hydrogen) atoms. The average Bonchev–Trinajstić information content (AvgIpc) is 2.87. The number of thiazole rings is 1. The van der Waals surface area contributed by atoms with Gasteiger partial charge >= 0.3 is 6.03 Å². The Hall–Kier alpha value is -1.30. The maximum absolute atomic E-state index is 12.2. The van der Waals surface area contributed by atoms with Crippen molar-refractivity contribution in [2.75, 3.05) is 25.4 Å². The Kier molecular flexibility index (Phi) is 3.59. The lowest BCUT2D eigenvalue weighted by molar-refractivity contribution is 0.0361. The lowest BCUT2D eigenvalue weighted by atomic mass is 9.85. The van der Waals surface area contributed by atoms with E-state index in [1.54, 1.807) is 23.7 Å². The van der Waals surface area contributed by atoms with Crippen molar-refractivity contribution in [3.63, 3.8) is 0 Å². The van der Waals surface area contributed by atoms with Crippen LogP contribution in [0.5, 0.6) is 0 Å². The molecular formula is C13H16N4O2S2. The standard InChI is InChI=1S/C13H16N4O2S2/c1-13(2)9(4-14)20-5-8-10(13)15-11(21-8)17-7-19-6-16(3)12(17)18/h9H,5-7H2,1-3H3. The molecule has 2 aliphatic rings. The summed E-state index contributed by atoms with van der Waals surface area (Å²) in [5, 5.41) is 9.84. The maximum Gasteiger partial charge on any atom is 0.329 e. The fourth-order valence-corrected chi connectivity index (χ4v) is 4.97. The highest BCUT2D eigenvalue weighted by atomic mass is 32.2. The Morgan fingerprint density at radius 3 is 2.95 bits per heavy atom. The van der Waals surface area contributed by atoms with Crippen molar-refractivity contribution in [1.82, 2.24) is 9.88 Å². The molecule has 0 aliphatic carbocycles. The molecule has 112 valence electrons. The number of ether oxygens (including phenoxy) is 1. The zero-order valence-electron chi connectivity index (χ0n) is 12.1. The SMILES string of the molecule is CN1COCN(c2nc3c(s2)CSC(C#N)C3(C)C)C1=O. The van der Waals surface area contributed by atoms with Crippen LogP contribution < -0.4 is 4.90 Å². The van der Waals surface area contributed by atoms with Crippen LogP contribution in [0.1, 0.15) is 24.4 Å². The molecule has 1 aromatic heterocycles. The second-order valence-electron chi connectivity index (χ2n) is 5.68.